The molecule has 1 rings (SSSR count). The summed E-state index contributed by atoms with van der Waals surface area (Å²) in [6.07, 6.45) is 0.545. The van der Waals surface area contributed by atoms with Gasteiger partial charge < -0.3 is 20.3 Å². The Morgan fingerprint density at radius 2 is 1.89 bits per heavy atom. The minimum atomic E-state index is -0.0821. The molecule has 0 bridgehead atoms. The number of hydrogen-bond acceptors (Lipinski definition) is 4. The molecule has 1 aromatic carbocycles. The number of hydrogen-bond donors (Lipinski definition) is 3. The van der Waals surface area contributed by atoms with Gasteiger partial charge in [0.15, 0.2) is 0 Å². The van der Waals surface area contributed by atoms with E-state index in [1.165, 1.54) is 11.1 Å². The van der Waals surface area contributed by atoms with E-state index in [1.54, 1.807) is 7.11 Å². The first-order valence-electron chi connectivity index (χ1n) is 6.21. The summed E-state index contributed by atoms with van der Waals surface area (Å²) in [5.74, 6) is 0.853. The molecule has 0 aromatic heterocycles. The van der Waals surface area contributed by atoms with Crippen molar-refractivity contribution in [1.82, 2.24) is 5.32 Å². The molecule has 0 aliphatic heterocycles. The van der Waals surface area contributed by atoms with Crippen LogP contribution in [-0.4, -0.2) is 36.6 Å². The SMILES string of the molecule is COc1cc(C)c(C)cc1CNC(CO)CCO. The second-order valence-corrected chi connectivity index (χ2v) is 4.52. The van der Waals surface area contributed by atoms with Gasteiger partial charge >= 0.3 is 0 Å². The molecule has 1 unspecified atom stereocenters. The van der Waals surface area contributed by atoms with Crippen LogP contribution >= 0.6 is 0 Å². The monoisotopic (exact) mass is 253 g/mol. The maximum absolute atomic E-state index is 9.16. The molecule has 102 valence electrons. The minimum absolute atomic E-state index is 0.0215. The molecule has 0 aliphatic carbocycles. The molecular formula is C14H23NO3. The number of rotatable bonds is 7. The summed E-state index contributed by atoms with van der Waals surface area (Å²) in [7, 11) is 1.66. The molecule has 0 spiro atoms. The second-order valence-electron chi connectivity index (χ2n) is 4.52. The summed E-state index contributed by atoms with van der Waals surface area (Å²) < 4.78 is 5.36. The zero-order valence-corrected chi connectivity index (χ0v) is 11.4. The Balaban J connectivity index is 2.74. The Morgan fingerprint density at radius 3 is 2.44 bits per heavy atom. The van der Waals surface area contributed by atoms with Crippen molar-refractivity contribution in [3.8, 4) is 5.75 Å². The van der Waals surface area contributed by atoms with Crippen molar-refractivity contribution in [2.75, 3.05) is 20.3 Å². The molecule has 0 radical (unpaired) electrons. The lowest BCUT2D eigenvalue weighted by molar-refractivity contribution is 0.199. The van der Waals surface area contributed by atoms with Crippen LogP contribution < -0.4 is 10.1 Å². The summed E-state index contributed by atoms with van der Waals surface area (Å²) in [5, 5.41) is 21.2. The third kappa shape index (κ3) is 3.98. The van der Waals surface area contributed by atoms with E-state index in [9.17, 15) is 0 Å². The first kappa shape index (κ1) is 15.0. The van der Waals surface area contributed by atoms with Crippen LogP contribution in [0.25, 0.3) is 0 Å². The first-order chi connectivity index (χ1) is 8.62. The molecule has 0 amide bonds. The van der Waals surface area contributed by atoms with Gasteiger partial charge in [0.2, 0.25) is 0 Å². The van der Waals surface area contributed by atoms with E-state index < -0.39 is 0 Å². The number of benzene rings is 1. The molecule has 0 fully saturated rings. The molecule has 0 aliphatic rings. The van der Waals surface area contributed by atoms with Gasteiger partial charge in [-0.3, -0.25) is 0 Å². The van der Waals surface area contributed by atoms with E-state index in [1.807, 2.05) is 6.07 Å². The van der Waals surface area contributed by atoms with Gasteiger partial charge in [0, 0.05) is 24.8 Å². The molecule has 1 aromatic rings. The van der Waals surface area contributed by atoms with Crippen molar-refractivity contribution in [2.24, 2.45) is 0 Å². The van der Waals surface area contributed by atoms with Gasteiger partial charge in [0.25, 0.3) is 0 Å². The fourth-order valence-electron chi connectivity index (χ4n) is 1.85. The summed E-state index contributed by atoms with van der Waals surface area (Å²) in [5.41, 5.74) is 3.48. The molecule has 0 saturated carbocycles. The number of aryl methyl sites for hydroxylation is 2. The largest absolute Gasteiger partial charge is 0.496 e. The van der Waals surface area contributed by atoms with E-state index >= 15 is 0 Å². The highest BCUT2D eigenvalue weighted by atomic mass is 16.5. The predicted molar refractivity (Wildman–Crippen MR) is 71.9 cm³/mol. The topological polar surface area (TPSA) is 61.7 Å². The van der Waals surface area contributed by atoms with Gasteiger partial charge in [0.1, 0.15) is 5.75 Å². The average molecular weight is 253 g/mol. The van der Waals surface area contributed by atoms with Crippen LogP contribution in [0.15, 0.2) is 12.1 Å². The lowest BCUT2D eigenvalue weighted by atomic mass is 10.0. The Morgan fingerprint density at radius 1 is 1.22 bits per heavy atom. The highest BCUT2D eigenvalue weighted by Gasteiger charge is 2.09. The van der Waals surface area contributed by atoms with E-state index in [-0.39, 0.29) is 19.3 Å². The maximum atomic E-state index is 9.16. The Bertz CT molecular complexity index is 380. The fourth-order valence-corrected chi connectivity index (χ4v) is 1.85. The van der Waals surface area contributed by atoms with Crippen molar-refractivity contribution in [3.63, 3.8) is 0 Å². The number of aliphatic hydroxyl groups is 2. The van der Waals surface area contributed by atoms with Gasteiger partial charge in [0.05, 0.1) is 13.7 Å². The van der Waals surface area contributed by atoms with Gasteiger partial charge in [-0.1, -0.05) is 6.07 Å². The quantitative estimate of drug-likeness (QED) is 0.682. The standard InChI is InChI=1S/C14H23NO3/c1-10-6-12(14(18-3)7-11(10)2)8-15-13(9-17)4-5-16/h6-7,13,15-17H,4-5,8-9H2,1-3H3. The summed E-state index contributed by atoms with van der Waals surface area (Å²) in [4.78, 5) is 0. The van der Waals surface area contributed by atoms with Crippen molar-refractivity contribution in [3.05, 3.63) is 28.8 Å². The Labute approximate surface area is 109 Å². The lowest BCUT2D eigenvalue weighted by Gasteiger charge is -2.17. The molecule has 1 atom stereocenters. The van der Waals surface area contributed by atoms with E-state index in [4.69, 9.17) is 14.9 Å². The summed E-state index contributed by atoms with van der Waals surface area (Å²) in [6.45, 7) is 4.83. The number of methoxy groups -OCH3 is 1. The van der Waals surface area contributed by atoms with Gasteiger partial charge in [-0.2, -0.15) is 0 Å². The van der Waals surface area contributed by atoms with E-state index in [0.717, 1.165) is 11.3 Å². The molecule has 0 saturated heterocycles. The molecular weight excluding hydrogens is 230 g/mol. The van der Waals surface area contributed by atoms with Crippen molar-refractivity contribution >= 4 is 0 Å². The zero-order valence-electron chi connectivity index (χ0n) is 11.4. The summed E-state index contributed by atoms with van der Waals surface area (Å²) >= 11 is 0. The Kier molecular flexibility index (Phi) is 6.12. The van der Waals surface area contributed by atoms with E-state index in [0.29, 0.717) is 13.0 Å². The van der Waals surface area contributed by atoms with Crippen LogP contribution in [0.3, 0.4) is 0 Å². The lowest BCUT2D eigenvalue weighted by Crippen LogP contribution is -2.33. The van der Waals surface area contributed by atoms with E-state index in [2.05, 4.69) is 25.2 Å². The smallest absolute Gasteiger partial charge is 0.123 e. The van der Waals surface area contributed by atoms with Crippen LogP contribution in [0, 0.1) is 13.8 Å². The summed E-state index contributed by atoms with van der Waals surface area (Å²) in [6, 6.07) is 4.03. The average Bonchev–Trinajstić information content (AvgIpc) is 2.37. The number of ether oxygens (including phenoxy) is 1. The molecule has 4 heteroatoms. The molecule has 3 N–H and O–H groups in total. The van der Waals surface area contributed by atoms with Crippen LogP contribution in [0.5, 0.6) is 5.75 Å². The third-order valence-electron chi connectivity index (χ3n) is 3.18. The Hall–Kier alpha value is -1.10. The highest BCUT2D eigenvalue weighted by molar-refractivity contribution is 5.41. The zero-order chi connectivity index (χ0) is 13.5. The van der Waals surface area contributed by atoms with Crippen LogP contribution in [0.2, 0.25) is 0 Å². The van der Waals surface area contributed by atoms with Gasteiger partial charge in [-0.15, -0.1) is 0 Å². The third-order valence-corrected chi connectivity index (χ3v) is 3.18. The molecule has 4 nitrogen and oxygen atoms in total. The van der Waals surface area contributed by atoms with Crippen molar-refractivity contribution in [1.29, 1.82) is 0 Å². The number of nitrogens with one attached hydrogen (secondary N) is 1. The van der Waals surface area contributed by atoms with Gasteiger partial charge in [-0.05, 0) is 37.5 Å². The van der Waals surface area contributed by atoms with Crippen LogP contribution in [0.1, 0.15) is 23.1 Å². The number of aliphatic hydroxyl groups excluding tert-OH is 2. The maximum Gasteiger partial charge on any atom is 0.123 e. The highest BCUT2D eigenvalue weighted by Crippen LogP contribution is 2.23. The van der Waals surface area contributed by atoms with Crippen molar-refractivity contribution in [2.45, 2.75) is 32.9 Å². The normalized spacial score (nSPS) is 12.5. The molecule has 18 heavy (non-hydrogen) atoms. The van der Waals surface area contributed by atoms with Crippen LogP contribution in [-0.2, 0) is 6.54 Å². The van der Waals surface area contributed by atoms with Crippen molar-refractivity contribution < 1.29 is 14.9 Å². The molecule has 0 heterocycles. The second kappa shape index (κ2) is 7.36. The first-order valence-corrected chi connectivity index (χ1v) is 6.21. The predicted octanol–water partition coefficient (Wildman–Crippen LogP) is 1.14. The fraction of sp³-hybridized carbons (Fsp3) is 0.571. The minimum Gasteiger partial charge on any atom is -0.496 e. The van der Waals surface area contributed by atoms with Gasteiger partial charge in [-0.25, -0.2) is 0 Å². The van der Waals surface area contributed by atoms with Crippen LogP contribution in [0.4, 0.5) is 0 Å².